The number of amides is 1. The van der Waals surface area contributed by atoms with Crippen LogP contribution in [0.5, 0.6) is 0 Å². The van der Waals surface area contributed by atoms with Gasteiger partial charge in [0.1, 0.15) is 0 Å². The first-order valence-corrected chi connectivity index (χ1v) is 8.61. The summed E-state index contributed by atoms with van der Waals surface area (Å²) in [6.45, 7) is 3.88. The Balaban J connectivity index is 1.79. The first-order chi connectivity index (χ1) is 12.9. The lowest BCUT2D eigenvalue weighted by Gasteiger charge is -2.10. The van der Waals surface area contributed by atoms with Crippen LogP contribution in [-0.2, 0) is 6.54 Å². The highest BCUT2D eigenvalue weighted by atomic mass is 16.2. The van der Waals surface area contributed by atoms with Crippen molar-refractivity contribution in [3.05, 3.63) is 99.5 Å². The van der Waals surface area contributed by atoms with Gasteiger partial charge in [-0.05, 0) is 49.7 Å². The number of hydrogen-bond donors (Lipinski definition) is 1. The maximum Gasteiger partial charge on any atom is 0.257 e. The number of hydrogen-bond acceptors (Lipinski definition) is 3. The molecule has 3 rings (SSSR count). The molecular weight excluding hydrogens is 340 g/mol. The Morgan fingerprint density at radius 1 is 0.963 bits per heavy atom. The average molecular weight is 360 g/mol. The van der Waals surface area contributed by atoms with Crippen LogP contribution < -0.4 is 10.9 Å². The summed E-state index contributed by atoms with van der Waals surface area (Å²) in [5.74, 6) is -0.348. The number of benzene rings is 2. The molecule has 0 saturated carbocycles. The van der Waals surface area contributed by atoms with Crippen LogP contribution in [0, 0.1) is 6.92 Å². The maximum atomic E-state index is 12.5. The number of ketones is 1. The number of aromatic nitrogens is 1. The third-order valence-corrected chi connectivity index (χ3v) is 4.23. The number of nitrogens with zero attached hydrogens (tertiary/aromatic N) is 1. The molecule has 136 valence electrons. The molecule has 0 fully saturated rings. The van der Waals surface area contributed by atoms with Crippen molar-refractivity contribution in [1.82, 2.24) is 4.57 Å². The molecule has 0 aliphatic heterocycles. The standard InChI is InChI=1S/C22H20N2O3/c1-15-4-3-5-17(12-15)13-24-14-19(8-11-21(24)26)22(27)23-20-9-6-18(7-10-20)16(2)25/h3-12,14H,13H2,1-2H3,(H,23,27). The molecule has 0 radical (unpaired) electrons. The van der Waals surface area contributed by atoms with E-state index in [4.69, 9.17) is 0 Å². The molecule has 0 saturated heterocycles. The Hall–Kier alpha value is -3.47. The number of Topliss-reactive ketones (excluding diaryl/α,β-unsaturated/α-hetero) is 1. The fraction of sp³-hybridized carbons (Fsp3) is 0.136. The lowest BCUT2D eigenvalue weighted by Crippen LogP contribution is -2.22. The molecule has 0 atom stereocenters. The van der Waals surface area contributed by atoms with Crippen molar-refractivity contribution in [3.8, 4) is 0 Å². The molecule has 0 unspecified atom stereocenters. The summed E-state index contributed by atoms with van der Waals surface area (Å²) in [7, 11) is 0. The van der Waals surface area contributed by atoms with E-state index >= 15 is 0 Å². The zero-order valence-electron chi connectivity index (χ0n) is 15.2. The monoisotopic (exact) mass is 360 g/mol. The van der Waals surface area contributed by atoms with E-state index in [9.17, 15) is 14.4 Å². The van der Waals surface area contributed by atoms with E-state index in [-0.39, 0.29) is 17.2 Å². The molecule has 0 aliphatic carbocycles. The van der Waals surface area contributed by atoms with Gasteiger partial charge >= 0.3 is 0 Å². The zero-order valence-corrected chi connectivity index (χ0v) is 15.2. The van der Waals surface area contributed by atoms with Crippen LogP contribution in [0.3, 0.4) is 0 Å². The molecule has 27 heavy (non-hydrogen) atoms. The molecule has 0 aliphatic rings. The van der Waals surface area contributed by atoms with Gasteiger partial charge in [-0.3, -0.25) is 14.4 Å². The van der Waals surface area contributed by atoms with E-state index in [0.717, 1.165) is 11.1 Å². The summed E-state index contributed by atoms with van der Waals surface area (Å²) < 4.78 is 1.52. The Morgan fingerprint density at radius 3 is 2.33 bits per heavy atom. The SMILES string of the molecule is CC(=O)c1ccc(NC(=O)c2ccc(=O)n(Cc3cccc(C)c3)c2)cc1. The predicted octanol–water partition coefficient (Wildman–Crippen LogP) is 3.66. The van der Waals surface area contributed by atoms with Crippen LogP contribution in [-0.4, -0.2) is 16.3 Å². The summed E-state index contributed by atoms with van der Waals surface area (Å²) in [6.07, 6.45) is 1.56. The summed E-state index contributed by atoms with van der Waals surface area (Å²) in [4.78, 5) is 36.0. The predicted molar refractivity (Wildman–Crippen MR) is 105 cm³/mol. The number of aryl methyl sites for hydroxylation is 1. The average Bonchev–Trinajstić information content (AvgIpc) is 2.64. The van der Waals surface area contributed by atoms with E-state index in [0.29, 0.717) is 23.4 Å². The second-order valence-electron chi connectivity index (χ2n) is 6.46. The van der Waals surface area contributed by atoms with Gasteiger partial charge in [0, 0.05) is 23.5 Å². The number of carbonyl (C=O) groups is 2. The highest BCUT2D eigenvalue weighted by Gasteiger charge is 2.09. The molecule has 5 nitrogen and oxygen atoms in total. The second kappa shape index (κ2) is 7.83. The van der Waals surface area contributed by atoms with Gasteiger partial charge in [0.05, 0.1) is 12.1 Å². The number of nitrogens with one attached hydrogen (secondary N) is 1. The van der Waals surface area contributed by atoms with E-state index < -0.39 is 0 Å². The first-order valence-electron chi connectivity index (χ1n) is 8.61. The Labute approximate surface area is 157 Å². The summed E-state index contributed by atoms with van der Waals surface area (Å²) >= 11 is 0. The van der Waals surface area contributed by atoms with Crippen LogP contribution in [0.25, 0.3) is 0 Å². The molecule has 1 aromatic heterocycles. The number of carbonyl (C=O) groups excluding carboxylic acids is 2. The van der Waals surface area contributed by atoms with Crippen LogP contribution in [0.15, 0.2) is 71.7 Å². The lowest BCUT2D eigenvalue weighted by molar-refractivity contribution is 0.101. The van der Waals surface area contributed by atoms with E-state index in [1.165, 1.54) is 23.6 Å². The van der Waals surface area contributed by atoms with Gasteiger partial charge in [-0.2, -0.15) is 0 Å². The van der Waals surface area contributed by atoms with Gasteiger partial charge in [-0.1, -0.05) is 29.8 Å². The van der Waals surface area contributed by atoms with Crippen LogP contribution in [0.1, 0.15) is 38.8 Å². The lowest BCUT2D eigenvalue weighted by atomic mass is 10.1. The minimum Gasteiger partial charge on any atom is -0.322 e. The quantitative estimate of drug-likeness (QED) is 0.706. The summed E-state index contributed by atoms with van der Waals surface area (Å²) in [5.41, 5.74) is 3.50. The third-order valence-electron chi connectivity index (χ3n) is 4.23. The fourth-order valence-corrected chi connectivity index (χ4v) is 2.79. The molecule has 1 N–H and O–H groups in total. The minimum absolute atomic E-state index is 0.0314. The Bertz CT molecular complexity index is 1050. The molecular formula is C22H20N2O3. The van der Waals surface area contributed by atoms with Gasteiger partial charge in [-0.25, -0.2) is 0 Å². The van der Waals surface area contributed by atoms with Crippen molar-refractivity contribution in [2.45, 2.75) is 20.4 Å². The van der Waals surface area contributed by atoms with Crippen molar-refractivity contribution in [2.24, 2.45) is 0 Å². The second-order valence-corrected chi connectivity index (χ2v) is 6.46. The van der Waals surface area contributed by atoms with Gasteiger partial charge in [0.2, 0.25) is 0 Å². The molecule has 2 aromatic carbocycles. The van der Waals surface area contributed by atoms with E-state index in [2.05, 4.69) is 5.32 Å². The van der Waals surface area contributed by atoms with Gasteiger partial charge in [-0.15, -0.1) is 0 Å². The van der Waals surface area contributed by atoms with Crippen LogP contribution in [0.2, 0.25) is 0 Å². The highest BCUT2D eigenvalue weighted by Crippen LogP contribution is 2.12. The molecule has 1 amide bonds. The van der Waals surface area contributed by atoms with E-state index in [1.807, 2.05) is 31.2 Å². The van der Waals surface area contributed by atoms with Crippen molar-refractivity contribution in [2.75, 3.05) is 5.32 Å². The zero-order chi connectivity index (χ0) is 19.4. The van der Waals surface area contributed by atoms with Crippen molar-refractivity contribution in [1.29, 1.82) is 0 Å². The molecule has 0 bridgehead atoms. The number of pyridine rings is 1. The Morgan fingerprint density at radius 2 is 1.67 bits per heavy atom. The summed E-state index contributed by atoms with van der Waals surface area (Å²) in [5, 5.41) is 2.78. The Kier molecular flexibility index (Phi) is 5.31. The van der Waals surface area contributed by atoms with E-state index in [1.54, 1.807) is 30.5 Å². The van der Waals surface area contributed by atoms with Crippen LogP contribution >= 0.6 is 0 Å². The largest absolute Gasteiger partial charge is 0.322 e. The number of anilines is 1. The van der Waals surface area contributed by atoms with Gasteiger partial charge in [0.15, 0.2) is 5.78 Å². The van der Waals surface area contributed by atoms with Gasteiger partial charge in [0.25, 0.3) is 11.5 Å². The molecule has 0 spiro atoms. The summed E-state index contributed by atoms with van der Waals surface area (Å²) in [6, 6.07) is 17.5. The van der Waals surface area contributed by atoms with Gasteiger partial charge < -0.3 is 9.88 Å². The normalized spacial score (nSPS) is 10.4. The van der Waals surface area contributed by atoms with Crippen molar-refractivity contribution >= 4 is 17.4 Å². The minimum atomic E-state index is -0.316. The topological polar surface area (TPSA) is 68.2 Å². The smallest absolute Gasteiger partial charge is 0.257 e. The maximum absolute atomic E-state index is 12.5. The van der Waals surface area contributed by atoms with Crippen LogP contribution in [0.4, 0.5) is 5.69 Å². The molecule has 5 heteroatoms. The first kappa shape index (κ1) is 18.3. The van der Waals surface area contributed by atoms with Crippen molar-refractivity contribution in [3.63, 3.8) is 0 Å². The molecule has 1 heterocycles. The highest BCUT2D eigenvalue weighted by molar-refractivity contribution is 6.04. The fourth-order valence-electron chi connectivity index (χ4n) is 2.79. The molecule has 3 aromatic rings. The number of rotatable bonds is 5. The third kappa shape index (κ3) is 4.58. The van der Waals surface area contributed by atoms with Crippen molar-refractivity contribution < 1.29 is 9.59 Å².